The largest absolute Gasteiger partial charge is 0.309 e. The Balaban J connectivity index is 1.20. The SMILES string of the molecule is Brc1ccc(-c2ccc3c(c2)Sc2ccc(-c4cc5c(c6ccccc46)c4ccccc4n5-c4ccccc4)cc2S3)cc1. The molecule has 1 nitrogen and oxygen atoms in total. The molecule has 7 aromatic carbocycles. The van der Waals surface area contributed by atoms with E-state index in [4.69, 9.17) is 0 Å². The summed E-state index contributed by atoms with van der Waals surface area (Å²) in [5.74, 6) is 0. The number of fused-ring (bicyclic) bond motifs is 7. The summed E-state index contributed by atoms with van der Waals surface area (Å²) in [6, 6.07) is 53.2. The Bertz CT molecular complexity index is 2390. The first-order chi connectivity index (χ1) is 21.7. The van der Waals surface area contributed by atoms with Crippen LogP contribution in [0.4, 0.5) is 0 Å². The number of aromatic nitrogens is 1. The fraction of sp³-hybridized carbons (Fsp3) is 0. The first kappa shape index (κ1) is 26.2. The molecular weight excluding hydrogens is 638 g/mol. The molecule has 8 aromatic rings. The minimum Gasteiger partial charge on any atom is -0.309 e. The zero-order chi connectivity index (χ0) is 29.2. The smallest absolute Gasteiger partial charge is 0.0553 e. The van der Waals surface area contributed by atoms with Crippen molar-refractivity contribution in [2.75, 3.05) is 0 Å². The fourth-order valence-corrected chi connectivity index (χ4v) is 9.03. The average Bonchev–Trinajstić information content (AvgIpc) is 3.42. The van der Waals surface area contributed by atoms with Gasteiger partial charge in [-0.15, -0.1) is 0 Å². The van der Waals surface area contributed by atoms with Gasteiger partial charge in [-0.25, -0.2) is 0 Å². The molecule has 208 valence electrons. The molecule has 0 amide bonds. The second kappa shape index (κ2) is 10.4. The molecular formula is C40H24BrNS2. The first-order valence-electron chi connectivity index (χ1n) is 14.6. The molecule has 4 heteroatoms. The molecule has 2 heterocycles. The molecule has 0 unspecified atom stereocenters. The van der Waals surface area contributed by atoms with E-state index < -0.39 is 0 Å². The van der Waals surface area contributed by atoms with E-state index >= 15 is 0 Å². The molecule has 0 bridgehead atoms. The van der Waals surface area contributed by atoms with Crippen molar-refractivity contribution in [3.63, 3.8) is 0 Å². The van der Waals surface area contributed by atoms with Crippen LogP contribution in [-0.2, 0) is 0 Å². The minimum atomic E-state index is 1.10. The summed E-state index contributed by atoms with van der Waals surface area (Å²) in [7, 11) is 0. The van der Waals surface area contributed by atoms with Crippen molar-refractivity contribution < 1.29 is 0 Å². The lowest BCUT2D eigenvalue weighted by atomic mass is 9.95. The number of para-hydroxylation sites is 2. The zero-order valence-corrected chi connectivity index (χ0v) is 26.7. The van der Waals surface area contributed by atoms with Gasteiger partial charge in [0.15, 0.2) is 0 Å². The maximum absolute atomic E-state index is 3.56. The Morgan fingerprint density at radius 3 is 1.77 bits per heavy atom. The molecule has 0 aliphatic carbocycles. The van der Waals surface area contributed by atoms with Gasteiger partial charge in [0.2, 0.25) is 0 Å². The van der Waals surface area contributed by atoms with Crippen molar-refractivity contribution in [1.82, 2.24) is 4.57 Å². The third kappa shape index (κ3) is 4.24. The highest BCUT2D eigenvalue weighted by atomic mass is 79.9. The van der Waals surface area contributed by atoms with Gasteiger partial charge in [-0.05, 0) is 93.7 Å². The Labute approximate surface area is 272 Å². The van der Waals surface area contributed by atoms with Crippen LogP contribution in [0.3, 0.4) is 0 Å². The number of benzene rings is 7. The normalized spacial score (nSPS) is 12.5. The molecule has 9 rings (SSSR count). The Morgan fingerprint density at radius 1 is 0.432 bits per heavy atom. The topological polar surface area (TPSA) is 4.93 Å². The number of hydrogen-bond acceptors (Lipinski definition) is 2. The van der Waals surface area contributed by atoms with Gasteiger partial charge in [-0.2, -0.15) is 0 Å². The lowest BCUT2D eigenvalue weighted by Gasteiger charge is -2.20. The number of halogens is 1. The predicted octanol–water partition coefficient (Wildman–Crippen LogP) is 12.6. The third-order valence-corrected chi connectivity index (χ3v) is 11.6. The number of hydrogen-bond donors (Lipinski definition) is 0. The van der Waals surface area contributed by atoms with Crippen molar-refractivity contribution in [2.45, 2.75) is 19.6 Å². The summed E-state index contributed by atoms with van der Waals surface area (Å²) in [5, 5.41) is 5.16. The van der Waals surface area contributed by atoms with E-state index in [2.05, 4.69) is 166 Å². The lowest BCUT2D eigenvalue weighted by molar-refractivity contribution is 1.16. The van der Waals surface area contributed by atoms with E-state index in [1.165, 1.54) is 80.1 Å². The highest BCUT2D eigenvalue weighted by Gasteiger charge is 2.21. The number of rotatable bonds is 3. The van der Waals surface area contributed by atoms with Crippen molar-refractivity contribution in [1.29, 1.82) is 0 Å². The van der Waals surface area contributed by atoms with E-state index in [9.17, 15) is 0 Å². The maximum atomic E-state index is 3.56. The van der Waals surface area contributed by atoms with Gasteiger partial charge < -0.3 is 4.57 Å². The predicted molar refractivity (Wildman–Crippen MR) is 192 cm³/mol. The van der Waals surface area contributed by atoms with Crippen LogP contribution in [0.1, 0.15) is 0 Å². The zero-order valence-electron chi connectivity index (χ0n) is 23.5. The summed E-state index contributed by atoms with van der Waals surface area (Å²) in [6.07, 6.45) is 0. The molecule has 0 N–H and O–H groups in total. The monoisotopic (exact) mass is 661 g/mol. The van der Waals surface area contributed by atoms with Crippen LogP contribution in [-0.4, -0.2) is 4.57 Å². The van der Waals surface area contributed by atoms with E-state index in [-0.39, 0.29) is 0 Å². The van der Waals surface area contributed by atoms with E-state index in [0.717, 1.165) is 4.47 Å². The van der Waals surface area contributed by atoms with Crippen LogP contribution in [0.5, 0.6) is 0 Å². The van der Waals surface area contributed by atoms with Crippen LogP contribution < -0.4 is 0 Å². The van der Waals surface area contributed by atoms with Crippen molar-refractivity contribution >= 4 is 72.0 Å². The fourth-order valence-electron chi connectivity index (χ4n) is 6.49. The Morgan fingerprint density at radius 2 is 1.02 bits per heavy atom. The van der Waals surface area contributed by atoms with E-state index in [1.807, 2.05) is 23.5 Å². The second-order valence-corrected chi connectivity index (χ2v) is 14.2. The summed E-state index contributed by atoms with van der Waals surface area (Å²) in [6.45, 7) is 0. The summed E-state index contributed by atoms with van der Waals surface area (Å²) < 4.78 is 3.52. The van der Waals surface area contributed by atoms with Crippen LogP contribution in [0, 0.1) is 0 Å². The number of nitrogens with zero attached hydrogens (tertiary/aromatic N) is 1. The minimum absolute atomic E-state index is 1.10. The van der Waals surface area contributed by atoms with Crippen LogP contribution in [0.2, 0.25) is 0 Å². The highest BCUT2D eigenvalue weighted by molar-refractivity contribution is 9.10. The van der Waals surface area contributed by atoms with Gasteiger partial charge in [-0.1, -0.05) is 124 Å². The first-order valence-corrected chi connectivity index (χ1v) is 17.0. The summed E-state index contributed by atoms with van der Waals surface area (Å²) >= 11 is 7.31. The quantitative estimate of drug-likeness (QED) is 0.186. The molecule has 0 atom stereocenters. The highest BCUT2D eigenvalue weighted by Crippen LogP contribution is 2.51. The molecule has 0 spiro atoms. The Hall–Kier alpha value is -4.22. The lowest BCUT2D eigenvalue weighted by Crippen LogP contribution is -1.94. The summed E-state index contributed by atoms with van der Waals surface area (Å²) in [5.41, 5.74) is 8.63. The van der Waals surface area contributed by atoms with E-state index in [0.29, 0.717) is 0 Å². The standard InChI is InChI=1S/C40H24BrNS2/c41-28-18-14-25(15-19-28)26-16-20-36-38(22-26)43-37-21-17-27(23-39(37)44-36)33-24-35-40(31-11-5-4-10-30(31)33)32-12-6-7-13-34(32)42(35)29-8-2-1-3-9-29/h1-24H. The van der Waals surface area contributed by atoms with Crippen LogP contribution in [0.25, 0.3) is 60.5 Å². The second-order valence-electron chi connectivity index (χ2n) is 11.1. The molecule has 0 fully saturated rings. The van der Waals surface area contributed by atoms with Crippen molar-refractivity contribution in [3.05, 3.63) is 150 Å². The third-order valence-electron chi connectivity index (χ3n) is 8.51. The maximum Gasteiger partial charge on any atom is 0.0553 e. The molecule has 0 saturated carbocycles. The van der Waals surface area contributed by atoms with Gasteiger partial charge in [0.1, 0.15) is 0 Å². The molecule has 0 radical (unpaired) electrons. The van der Waals surface area contributed by atoms with Gasteiger partial charge in [0.05, 0.1) is 11.0 Å². The Kier molecular flexibility index (Phi) is 6.22. The molecule has 1 aliphatic heterocycles. The van der Waals surface area contributed by atoms with Crippen molar-refractivity contribution in [3.8, 4) is 27.9 Å². The van der Waals surface area contributed by atoms with Gasteiger partial charge >= 0.3 is 0 Å². The van der Waals surface area contributed by atoms with Gasteiger partial charge in [-0.3, -0.25) is 0 Å². The molecule has 44 heavy (non-hydrogen) atoms. The van der Waals surface area contributed by atoms with Gasteiger partial charge in [0.25, 0.3) is 0 Å². The molecule has 0 saturated heterocycles. The van der Waals surface area contributed by atoms with Gasteiger partial charge in [0, 0.05) is 40.5 Å². The molecule has 1 aliphatic rings. The average molecular weight is 663 g/mol. The molecule has 1 aromatic heterocycles. The van der Waals surface area contributed by atoms with Crippen LogP contribution in [0.15, 0.2) is 170 Å². The summed E-state index contributed by atoms with van der Waals surface area (Å²) in [4.78, 5) is 5.24. The van der Waals surface area contributed by atoms with E-state index in [1.54, 1.807) is 0 Å². The van der Waals surface area contributed by atoms with Crippen LogP contribution >= 0.6 is 39.5 Å². The van der Waals surface area contributed by atoms with Crippen molar-refractivity contribution in [2.24, 2.45) is 0 Å².